The molecule has 3 rings (SSSR count). The number of benzene rings is 1. The third-order valence-electron chi connectivity index (χ3n) is 7.23. The fraction of sp³-hybridized carbons (Fsp3) is 0.667. The lowest BCUT2D eigenvalue weighted by molar-refractivity contribution is -0.133. The third-order valence-corrected chi connectivity index (χ3v) is 7.23. The second-order valence-electron chi connectivity index (χ2n) is 12.9. The Hall–Kier alpha value is -3.60. The van der Waals surface area contributed by atoms with Gasteiger partial charge < -0.3 is 30.1 Å². The van der Waals surface area contributed by atoms with Crippen LogP contribution < -0.4 is 5.73 Å². The van der Waals surface area contributed by atoms with Crippen LogP contribution in [0, 0.1) is 0 Å². The molecule has 0 bridgehead atoms. The molecule has 268 valence electrons. The normalized spacial score (nSPS) is 16.2. The molecule has 1 saturated heterocycles. The van der Waals surface area contributed by atoms with Gasteiger partial charge in [-0.15, -0.1) is 0 Å². The summed E-state index contributed by atoms with van der Waals surface area (Å²) in [6.45, 7) is 17.6. The number of ether oxygens (including phenoxy) is 2. The van der Waals surface area contributed by atoms with Crippen LogP contribution in [-0.4, -0.2) is 95.3 Å². The van der Waals surface area contributed by atoms with Crippen LogP contribution in [0.4, 0.5) is 9.59 Å². The SMILES string of the molecule is CC(C)(C)OC(N)=O.CCCN(C(=O)CCCCCC/C=C\[C@H]1CN1C)C(C)C.CCOC=O.O=C(O)N1CCc2ccccc2C1. The van der Waals surface area contributed by atoms with E-state index in [0.29, 0.717) is 44.2 Å². The number of nitrogens with zero attached hydrogens (tertiary/aromatic N) is 3. The molecule has 2 heterocycles. The first kappa shape index (κ1) is 43.4. The summed E-state index contributed by atoms with van der Waals surface area (Å²) in [5, 5.41) is 8.79. The second kappa shape index (κ2) is 24.6. The molecule has 2 aliphatic heterocycles. The minimum absolute atomic E-state index is 0.336. The van der Waals surface area contributed by atoms with Gasteiger partial charge in [-0.05, 0) is 91.8 Å². The van der Waals surface area contributed by atoms with Crippen molar-refractivity contribution in [3.05, 3.63) is 47.5 Å². The van der Waals surface area contributed by atoms with E-state index in [0.717, 1.165) is 37.8 Å². The van der Waals surface area contributed by atoms with Crippen molar-refractivity contribution in [1.29, 1.82) is 0 Å². The molecule has 0 saturated carbocycles. The topological polar surface area (TPSA) is 142 Å². The average molecular weight is 663 g/mol. The van der Waals surface area contributed by atoms with Gasteiger partial charge in [0.2, 0.25) is 5.91 Å². The van der Waals surface area contributed by atoms with E-state index in [-0.39, 0.29) is 0 Å². The number of carbonyl (C=O) groups is 4. The second-order valence-corrected chi connectivity index (χ2v) is 12.9. The molecule has 2 aliphatic rings. The highest BCUT2D eigenvalue weighted by Crippen LogP contribution is 2.18. The minimum Gasteiger partial charge on any atom is -0.468 e. The summed E-state index contributed by atoms with van der Waals surface area (Å²) in [7, 11) is 2.16. The van der Waals surface area contributed by atoms with Crippen molar-refractivity contribution in [1.82, 2.24) is 14.7 Å². The molecule has 11 nitrogen and oxygen atoms in total. The van der Waals surface area contributed by atoms with Crippen LogP contribution in [-0.2, 0) is 32.0 Å². The Bertz CT molecular complexity index is 1070. The van der Waals surface area contributed by atoms with Crippen molar-refractivity contribution in [3.8, 4) is 0 Å². The fourth-order valence-electron chi connectivity index (χ4n) is 4.69. The fourth-order valence-corrected chi connectivity index (χ4v) is 4.69. The molecular weight excluding hydrogens is 600 g/mol. The van der Waals surface area contributed by atoms with Crippen molar-refractivity contribution >= 4 is 24.6 Å². The van der Waals surface area contributed by atoms with Crippen molar-refractivity contribution in [3.63, 3.8) is 0 Å². The van der Waals surface area contributed by atoms with Crippen LogP contribution in [0.3, 0.4) is 0 Å². The van der Waals surface area contributed by atoms with Crippen LogP contribution >= 0.6 is 0 Å². The molecule has 11 heteroatoms. The standard InChI is InChI=1S/C18H34N2O.C10H11NO2.C5H11NO2.C3H6O2/c1-5-14-20(16(2)3)18(21)13-11-9-7-6-8-10-12-17-15-19(17)4;12-10(13)11-6-5-8-3-1-2-4-9(8)7-11;1-5(2,3)8-4(6)7;1-2-5-3-4/h10,12,16-17H,5-9,11,13-15H2,1-4H3;1-4H,5-7H2,(H,12,13);1-3H3,(H2,6,7);3H,2H2,1H3/b12-10-;;;/t17-,19?;;;/m0.../s1. The van der Waals surface area contributed by atoms with E-state index >= 15 is 0 Å². The van der Waals surface area contributed by atoms with E-state index in [2.05, 4.69) is 60.4 Å². The molecule has 0 radical (unpaired) electrons. The van der Waals surface area contributed by atoms with Crippen LogP contribution in [0.2, 0.25) is 0 Å². The van der Waals surface area contributed by atoms with E-state index in [1.165, 1.54) is 42.7 Å². The van der Waals surface area contributed by atoms with Crippen molar-refractivity contribution in [2.75, 3.05) is 33.3 Å². The van der Waals surface area contributed by atoms with Crippen molar-refractivity contribution in [2.45, 2.75) is 124 Å². The molecule has 3 amide bonds. The Balaban J connectivity index is 0.000000687. The number of likely N-dealkylation sites (N-methyl/N-ethyl adjacent to an activating group) is 1. The van der Waals surface area contributed by atoms with Gasteiger partial charge in [-0.2, -0.15) is 0 Å². The first-order valence-corrected chi connectivity index (χ1v) is 16.9. The van der Waals surface area contributed by atoms with Gasteiger partial charge in [0.1, 0.15) is 5.60 Å². The summed E-state index contributed by atoms with van der Waals surface area (Å²) in [6, 6.07) is 9.05. The molecule has 2 atom stereocenters. The molecular formula is C36H62N4O7. The molecule has 1 aromatic rings. The average Bonchev–Trinajstić information content (AvgIpc) is 3.71. The molecule has 0 aliphatic carbocycles. The number of carbonyl (C=O) groups excluding carboxylic acids is 3. The lowest BCUT2D eigenvalue weighted by atomic mass is 10.0. The predicted molar refractivity (Wildman–Crippen MR) is 187 cm³/mol. The summed E-state index contributed by atoms with van der Waals surface area (Å²) in [4.78, 5) is 47.8. The van der Waals surface area contributed by atoms with Gasteiger partial charge in [-0.1, -0.05) is 56.2 Å². The maximum absolute atomic E-state index is 12.1. The van der Waals surface area contributed by atoms with Crippen molar-refractivity contribution < 1.29 is 33.8 Å². The van der Waals surface area contributed by atoms with E-state index in [4.69, 9.17) is 10.8 Å². The minimum atomic E-state index is -0.825. The zero-order valence-electron chi connectivity index (χ0n) is 30.2. The first-order valence-electron chi connectivity index (χ1n) is 16.9. The van der Waals surface area contributed by atoms with E-state index < -0.39 is 17.8 Å². The number of fused-ring (bicyclic) bond motifs is 1. The zero-order chi connectivity index (χ0) is 35.8. The summed E-state index contributed by atoms with van der Waals surface area (Å²) in [6.07, 6.45) is 11.6. The van der Waals surface area contributed by atoms with E-state index in [1.54, 1.807) is 27.7 Å². The molecule has 0 aromatic heterocycles. The van der Waals surface area contributed by atoms with Gasteiger partial charge in [0.25, 0.3) is 6.47 Å². The van der Waals surface area contributed by atoms with Gasteiger partial charge in [-0.25, -0.2) is 9.59 Å². The predicted octanol–water partition coefficient (Wildman–Crippen LogP) is 6.63. The number of nitrogens with two attached hydrogens (primary N) is 1. The van der Waals surface area contributed by atoms with Gasteiger partial charge >= 0.3 is 12.2 Å². The highest BCUT2D eigenvalue weighted by molar-refractivity contribution is 5.76. The Morgan fingerprint density at radius 3 is 2.15 bits per heavy atom. The highest BCUT2D eigenvalue weighted by Gasteiger charge is 2.25. The maximum Gasteiger partial charge on any atom is 0.407 e. The smallest absolute Gasteiger partial charge is 0.407 e. The lowest BCUT2D eigenvalue weighted by Gasteiger charge is -2.26. The van der Waals surface area contributed by atoms with Gasteiger partial charge in [0.05, 0.1) is 6.61 Å². The number of amides is 3. The summed E-state index contributed by atoms with van der Waals surface area (Å²) >= 11 is 0. The van der Waals surface area contributed by atoms with Gasteiger partial charge in [0, 0.05) is 44.7 Å². The number of unbranched alkanes of at least 4 members (excludes halogenated alkanes) is 4. The van der Waals surface area contributed by atoms with Crippen molar-refractivity contribution in [2.24, 2.45) is 5.73 Å². The highest BCUT2D eigenvalue weighted by atomic mass is 16.6. The monoisotopic (exact) mass is 662 g/mol. The van der Waals surface area contributed by atoms with Crippen LogP contribution in [0.1, 0.15) is 105 Å². The van der Waals surface area contributed by atoms with Gasteiger partial charge in [-0.3, -0.25) is 14.5 Å². The zero-order valence-corrected chi connectivity index (χ0v) is 30.2. The van der Waals surface area contributed by atoms with Crippen LogP contribution in [0.25, 0.3) is 0 Å². The van der Waals surface area contributed by atoms with E-state index in [9.17, 15) is 19.2 Å². The van der Waals surface area contributed by atoms with E-state index in [1.807, 2.05) is 23.1 Å². The number of primary amides is 1. The largest absolute Gasteiger partial charge is 0.468 e. The number of hydrogen-bond acceptors (Lipinski definition) is 7. The number of allylic oxidation sites excluding steroid dienone is 1. The number of hydrogen-bond donors (Lipinski definition) is 2. The Morgan fingerprint density at radius 1 is 1.09 bits per heavy atom. The Kier molecular flexibility index (Phi) is 22.7. The maximum atomic E-state index is 12.1. The Morgan fingerprint density at radius 2 is 1.70 bits per heavy atom. The quantitative estimate of drug-likeness (QED) is 0.104. The molecule has 3 N–H and O–H groups in total. The molecule has 1 fully saturated rings. The van der Waals surface area contributed by atoms with Crippen LogP contribution in [0.5, 0.6) is 0 Å². The van der Waals surface area contributed by atoms with Gasteiger partial charge in [0.15, 0.2) is 0 Å². The lowest BCUT2D eigenvalue weighted by Crippen LogP contribution is -2.37. The molecule has 47 heavy (non-hydrogen) atoms. The summed E-state index contributed by atoms with van der Waals surface area (Å²) in [5.74, 6) is 0.337. The number of rotatable bonds is 13. The summed E-state index contributed by atoms with van der Waals surface area (Å²) in [5.41, 5.74) is 6.68. The molecule has 0 spiro atoms. The molecule has 1 unspecified atom stereocenters. The summed E-state index contributed by atoms with van der Waals surface area (Å²) < 4.78 is 8.73. The molecule has 1 aromatic carbocycles. The third kappa shape index (κ3) is 22.5. The Labute approximate surface area is 283 Å². The number of carboxylic acid groups (broad SMARTS) is 1. The first-order chi connectivity index (χ1) is 22.2. The van der Waals surface area contributed by atoms with Crippen LogP contribution in [0.15, 0.2) is 36.4 Å².